The van der Waals surface area contributed by atoms with E-state index in [0.717, 1.165) is 37.9 Å². The summed E-state index contributed by atoms with van der Waals surface area (Å²) in [4.78, 5) is 12.8. The third-order valence-electron chi connectivity index (χ3n) is 5.09. The predicted molar refractivity (Wildman–Crippen MR) is 91.8 cm³/mol. The molecular weight excluding hydrogens is 284 g/mol. The van der Waals surface area contributed by atoms with Gasteiger partial charge in [-0.15, -0.1) is 0 Å². The lowest BCUT2D eigenvalue weighted by Crippen LogP contribution is -2.36. The molecule has 1 aliphatic carbocycles. The van der Waals surface area contributed by atoms with E-state index in [1.165, 1.54) is 16.7 Å². The molecule has 3 nitrogen and oxygen atoms in total. The molecular formula is C20H22N2O. The van der Waals surface area contributed by atoms with Crippen molar-refractivity contribution < 1.29 is 4.79 Å². The molecule has 1 heterocycles. The van der Waals surface area contributed by atoms with Crippen LogP contribution in [0.15, 0.2) is 48.5 Å². The second kappa shape index (κ2) is 6.17. The van der Waals surface area contributed by atoms with Gasteiger partial charge in [0.25, 0.3) is 5.91 Å². The van der Waals surface area contributed by atoms with Crippen molar-refractivity contribution in [1.29, 1.82) is 0 Å². The Kier molecular flexibility index (Phi) is 3.88. The summed E-state index contributed by atoms with van der Waals surface area (Å²) < 4.78 is 0. The van der Waals surface area contributed by atoms with Crippen LogP contribution < -0.4 is 10.6 Å². The fourth-order valence-corrected chi connectivity index (χ4v) is 3.90. The first-order valence-electron chi connectivity index (χ1n) is 8.48. The smallest absolute Gasteiger partial charge is 0.251 e. The fourth-order valence-electron chi connectivity index (χ4n) is 3.90. The van der Waals surface area contributed by atoms with Crippen LogP contribution in [0.3, 0.4) is 0 Å². The van der Waals surface area contributed by atoms with Gasteiger partial charge in [0, 0.05) is 18.2 Å². The van der Waals surface area contributed by atoms with E-state index in [0.29, 0.717) is 5.92 Å². The number of carbonyl (C=O) groups is 1. The van der Waals surface area contributed by atoms with Gasteiger partial charge >= 0.3 is 0 Å². The third kappa shape index (κ3) is 2.89. The molecule has 0 unspecified atom stereocenters. The molecule has 3 heteroatoms. The molecule has 0 spiro atoms. The number of fused-ring (bicyclic) bond motifs is 1. The lowest BCUT2D eigenvalue weighted by molar-refractivity contribution is 0.0937. The minimum Gasteiger partial charge on any atom is -0.349 e. The van der Waals surface area contributed by atoms with E-state index in [2.05, 4.69) is 41.0 Å². The average Bonchev–Trinajstić information content (AvgIpc) is 3.24. The predicted octanol–water partition coefficient (Wildman–Crippen LogP) is 2.66. The maximum absolute atomic E-state index is 12.8. The van der Waals surface area contributed by atoms with E-state index in [9.17, 15) is 4.79 Å². The second-order valence-corrected chi connectivity index (χ2v) is 6.62. The van der Waals surface area contributed by atoms with Gasteiger partial charge in [0.15, 0.2) is 0 Å². The van der Waals surface area contributed by atoms with Gasteiger partial charge in [0.1, 0.15) is 0 Å². The van der Waals surface area contributed by atoms with Gasteiger partial charge in [-0.25, -0.2) is 0 Å². The van der Waals surface area contributed by atoms with Gasteiger partial charge in [-0.2, -0.15) is 0 Å². The largest absolute Gasteiger partial charge is 0.349 e. The Morgan fingerprint density at radius 3 is 2.39 bits per heavy atom. The molecule has 0 saturated carbocycles. The van der Waals surface area contributed by atoms with Gasteiger partial charge in [-0.1, -0.05) is 42.5 Å². The van der Waals surface area contributed by atoms with Gasteiger partial charge in [-0.05, 0) is 54.5 Å². The molecule has 2 aromatic carbocycles. The summed E-state index contributed by atoms with van der Waals surface area (Å²) in [5.74, 6) is 0.531. The summed E-state index contributed by atoms with van der Waals surface area (Å²) in [7, 11) is 0. The zero-order valence-electron chi connectivity index (χ0n) is 13.2. The average molecular weight is 306 g/mol. The molecule has 0 aromatic heterocycles. The number of carbonyl (C=O) groups excluding carboxylic acids is 1. The summed E-state index contributed by atoms with van der Waals surface area (Å²) in [6.07, 6.45) is 2.99. The molecule has 0 bridgehead atoms. The van der Waals surface area contributed by atoms with Crippen LogP contribution in [0.4, 0.5) is 0 Å². The molecule has 2 aliphatic rings. The van der Waals surface area contributed by atoms with Gasteiger partial charge in [0.2, 0.25) is 0 Å². The Hall–Kier alpha value is -2.13. The summed E-state index contributed by atoms with van der Waals surface area (Å²) >= 11 is 0. The highest BCUT2D eigenvalue weighted by Gasteiger charge is 2.26. The molecule has 23 heavy (non-hydrogen) atoms. The summed E-state index contributed by atoms with van der Waals surface area (Å²) in [6, 6.07) is 16.8. The first-order valence-corrected chi connectivity index (χ1v) is 8.48. The van der Waals surface area contributed by atoms with Gasteiger partial charge in [-0.3, -0.25) is 4.79 Å². The topological polar surface area (TPSA) is 41.1 Å². The highest BCUT2D eigenvalue weighted by atomic mass is 16.1. The SMILES string of the molecule is O=C(NC1Cc2ccccc2C1)c1ccccc1[C@H]1CCNC1. The van der Waals surface area contributed by atoms with E-state index in [1.807, 2.05) is 18.2 Å². The lowest BCUT2D eigenvalue weighted by Gasteiger charge is -2.17. The minimum absolute atomic E-state index is 0.0744. The highest BCUT2D eigenvalue weighted by Crippen LogP contribution is 2.26. The highest BCUT2D eigenvalue weighted by molar-refractivity contribution is 5.96. The standard InChI is InChI=1S/C20H22N2O/c23-20(22-17-11-14-5-1-2-6-15(14)12-17)19-8-4-3-7-18(19)16-9-10-21-13-16/h1-8,16-17,21H,9-13H2,(H,22,23)/t16-/m0/s1. The van der Waals surface area contributed by atoms with E-state index >= 15 is 0 Å². The van der Waals surface area contributed by atoms with Crippen LogP contribution in [0, 0.1) is 0 Å². The summed E-state index contributed by atoms with van der Waals surface area (Å²) in [5.41, 5.74) is 4.76. The Morgan fingerprint density at radius 2 is 1.70 bits per heavy atom. The summed E-state index contributed by atoms with van der Waals surface area (Å²) in [6.45, 7) is 2.01. The van der Waals surface area contributed by atoms with E-state index in [1.54, 1.807) is 0 Å². The van der Waals surface area contributed by atoms with Crippen LogP contribution >= 0.6 is 0 Å². The number of hydrogen-bond donors (Lipinski definition) is 2. The summed E-state index contributed by atoms with van der Waals surface area (Å²) in [5, 5.41) is 6.64. The van der Waals surface area contributed by atoms with Gasteiger partial charge in [0.05, 0.1) is 0 Å². The van der Waals surface area contributed by atoms with Crippen molar-refractivity contribution in [3.05, 3.63) is 70.8 Å². The van der Waals surface area contributed by atoms with Crippen LogP contribution in [0.25, 0.3) is 0 Å². The third-order valence-corrected chi connectivity index (χ3v) is 5.09. The van der Waals surface area contributed by atoms with Crippen molar-refractivity contribution in [2.24, 2.45) is 0 Å². The quantitative estimate of drug-likeness (QED) is 0.915. The van der Waals surface area contributed by atoms with Crippen LogP contribution in [0.2, 0.25) is 0 Å². The number of benzene rings is 2. The molecule has 2 N–H and O–H groups in total. The van der Waals surface area contributed by atoms with Crippen molar-refractivity contribution in [3.63, 3.8) is 0 Å². The molecule has 0 radical (unpaired) electrons. The van der Waals surface area contributed by atoms with Crippen molar-refractivity contribution in [3.8, 4) is 0 Å². The Bertz CT molecular complexity index is 694. The fraction of sp³-hybridized carbons (Fsp3) is 0.350. The Morgan fingerprint density at radius 1 is 1.00 bits per heavy atom. The van der Waals surface area contributed by atoms with Crippen LogP contribution in [0.5, 0.6) is 0 Å². The molecule has 1 fully saturated rings. The Balaban J connectivity index is 1.50. The van der Waals surface area contributed by atoms with E-state index < -0.39 is 0 Å². The molecule has 1 saturated heterocycles. The molecule has 118 valence electrons. The van der Waals surface area contributed by atoms with Crippen LogP contribution in [-0.4, -0.2) is 25.0 Å². The van der Waals surface area contributed by atoms with E-state index in [4.69, 9.17) is 0 Å². The maximum atomic E-state index is 12.8. The molecule has 2 aromatic rings. The molecule has 1 amide bonds. The maximum Gasteiger partial charge on any atom is 0.251 e. The number of rotatable bonds is 3. The second-order valence-electron chi connectivity index (χ2n) is 6.62. The molecule has 4 rings (SSSR count). The molecule has 1 aliphatic heterocycles. The lowest BCUT2D eigenvalue weighted by atomic mass is 9.93. The number of nitrogens with one attached hydrogen (secondary N) is 2. The van der Waals surface area contributed by atoms with Gasteiger partial charge < -0.3 is 10.6 Å². The number of amides is 1. The van der Waals surface area contributed by atoms with Crippen LogP contribution in [-0.2, 0) is 12.8 Å². The number of hydrogen-bond acceptors (Lipinski definition) is 2. The Labute approximate surface area is 137 Å². The van der Waals surface area contributed by atoms with Crippen molar-refractivity contribution in [1.82, 2.24) is 10.6 Å². The van der Waals surface area contributed by atoms with Crippen molar-refractivity contribution >= 4 is 5.91 Å². The van der Waals surface area contributed by atoms with Crippen molar-refractivity contribution in [2.45, 2.75) is 31.2 Å². The van der Waals surface area contributed by atoms with Crippen LogP contribution in [0.1, 0.15) is 39.4 Å². The first kappa shape index (κ1) is 14.5. The zero-order valence-corrected chi connectivity index (χ0v) is 13.2. The monoisotopic (exact) mass is 306 g/mol. The molecule has 1 atom stereocenters. The zero-order chi connectivity index (χ0) is 15.6. The van der Waals surface area contributed by atoms with E-state index in [-0.39, 0.29) is 11.9 Å². The van der Waals surface area contributed by atoms with Crippen molar-refractivity contribution in [2.75, 3.05) is 13.1 Å². The first-order chi connectivity index (χ1) is 11.3. The minimum atomic E-state index is 0.0744. The normalized spacial score (nSPS) is 20.4.